The number of para-hydroxylation sites is 2. The average Bonchev–Trinajstić information content (AvgIpc) is 3.23. The maximum atomic E-state index is 12.9. The molecule has 2 heterocycles. The van der Waals surface area contributed by atoms with E-state index in [1.54, 1.807) is 0 Å². The molecule has 0 radical (unpaired) electrons. The molecule has 0 spiro atoms. The largest absolute Gasteiger partial charge is 0.349 e. The van der Waals surface area contributed by atoms with Gasteiger partial charge in [-0.15, -0.1) is 0 Å². The topological polar surface area (TPSA) is 50.2 Å². The Morgan fingerprint density at radius 2 is 1.66 bits per heavy atom. The summed E-state index contributed by atoms with van der Waals surface area (Å²) >= 11 is 6.09. The number of imidazole rings is 1. The molecule has 1 aliphatic rings. The van der Waals surface area contributed by atoms with E-state index in [4.69, 9.17) is 16.6 Å². The van der Waals surface area contributed by atoms with Crippen LogP contribution in [0, 0.1) is 5.92 Å². The predicted octanol–water partition coefficient (Wildman–Crippen LogP) is 5.83. The molecule has 180 valence electrons. The van der Waals surface area contributed by atoms with Gasteiger partial charge in [0.2, 0.25) is 5.91 Å². The van der Waals surface area contributed by atoms with Crippen molar-refractivity contribution in [3.05, 3.63) is 101 Å². The lowest BCUT2D eigenvalue weighted by molar-refractivity contribution is -0.127. The van der Waals surface area contributed by atoms with Gasteiger partial charge >= 0.3 is 0 Å². The number of hydrogen-bond donors (Lipinski definition) is 1. The quantitative estimate of drug-likeness (QED) is 0.357. The summed E-state index contributed by atoms with van der Waals surface area (Å²) in [6, 6.07) is 26.5. The van der Waals surface area contributed by atoms with Crippen molar-refractivity contribution in [2.24, 2.45) is 5.92 Å². The van der Waals surface area contributed by atoms with Gasteiger partial charge in [-0.2, -0.15) is 0 Å². The van der Waals surface area contributed by atoms with Crippen LogP contribution in [0.1, 0.15) is 42.8 Å². The van der Waals surface area contributed by atoms with E-state index in [1.165, 1.54) is 5.56 Å². The molecule has 6 heteroatoms. The molecule has 0 unspecified atom stereocenters. The second kappa shape index (κ2) is 10.6. The molecule has 5 rings (SSSR count). The number of nitrogens with one attached hydrogen (secondary N) is 1. The number of aromatic nitrogens is 2. The Morgan fingerprint density at radius 1 is 0.971 bits per heavy atom. The molecule has 5 nitrogen and oxygen atoms in total. The number of halogens is 1. The summed E-state index contributed by atoms with van der Waals surface area (Å²) in [5.41, 5.74) is 4.49. The molecule has 1 amide bonds. The Hall–Kier alpha value is -3.15. The Bertz CT molecular complexity index is 1280. The van der Waals surface area contributed by atoms with Gasteiger partial charge in [0.1, 0.15) is 5.82 Å². The zero-order valence-electron chi connectivity index (χ0n) is 20.0. The summed E-state index contributed by atoms with van der Waals surface area (Å²) < 4.78 is 2.30. The Balaban J connectivity index is 1.23. The van der Waals surface area contributed by atoms with Crippen LogP contribution in [-0.2, 0) is 17.9 Å². The van der Waals surface area contributed by atoms with Gasteiger partial charge in [-0.3, -0.25) is 9.69 Å². The molecule has 0 aliphatic carbocycles. The molecule has 0 bridgehead atoms. The minimum absolute atomic E-state index is 0.0227. The van der Waals surface area contributed by atoms with Crippen molar-refractivity contribution in [2.75, 3.05) is 13.1 Å². The van der Waals surface area contributed by atoms with Crippen LogP contribution in [0.5, 0.6) is 0 Å². The van der Waals surface area contributed by atoms with Gasteiger partial charge < -0.3 is 9.88 Å². The van der Waals surface area contributed by atoms with E-state index in [-0.39, 0.29) is 17.9 Å². The highest BCUT2D eigenvalue weighted by Crippen LogP contribution is 2.24. The molecule has 1 N–H and O–H groups in total. The van der Waals surface area contributed by atoms with Crippen LogP contribution in [0.2, 0.25) is 5.02 Å². The van der Waals surface area contributed by atoms with E-state index in [0.29, 0.717) is 0 Å². The fourth-order valence-electron chi connectivity index (χ4n) is 4.90. The van der Waals surface area contributed by atoms with Gasteiger partial charge in [0.25, 0.3) is 0 Å². The van der Waals surface area contributed by atoms with Gasteiger partial charge in [0, 0.05) is 17.5 Å². The second-order valence-electron chi connectivity index (χ2n) is 9.42. The maximum absolute atomic E-state index is 12.9. The smallest absolute Gasteiger partial charge is 0.223 e. The highest BCUT2D eigenvalue weighted by molar-refractivity contribution is 6.30. The van der Waals surface area contributed by atoms with Crippen molar-refractivity contribution in [3.8, 4) is 0 Å². The van der Waals surface area contributed by atoms with Gasteiger partial charge in [-0.25, -0.2) is 4.98 Å². The van der Waals surface area contributed by atoms with E-state index >= 15 is 0 Å². The average molecular weight is 487 g/mol. The molecule has 3 aromatic carbocycles. The second-order valence-corrected chi connectivity index (χ2v) is 9.86. The lowest BCUT2D eigenvalue weighted by Gasteiger charge is -2.31. The molecular weight excluding hydrogens is 456 g/mol. The van der Waals surface area contributed by atoms with Crippen LogP contribution in [0.3, 0.4) is 0 Å². The number of carbonyl (C=O) groups is 1. The monoisotopic (exact) mass is 486 g/mol. The van der Waals surface area contributed by atoms with Crippen LogP contribution in [0.25, 0.3) is 11.0 Å². The van der Waals surface area contributed by atoms with Crippen molar-refractivity contribution in [1.82, 2.24) is 19.8 Å². The fraction of sp³-hybridized carbons (Fsp3) is 0.310. The molecule has 1 saturated heterocycles. The van der Waals surface area contributed by atoms with Crippen molar-refractivity contribution in [2.45, 2.75) is 38.9 Å². The van der Waals surface area contributed by atoms with Crippen LogP contribution >= 0.6 is 11.6 Å². The van der Waals surface area contributed by atoms with E-state index in [9.17, 15) is 4.79 Å². The van der Waals surface area contributed by atoms with E-state index in [1.807, 2.05) is 43.3 Å². The van der Waals surface area contributed by atoms with Crippen LogP contribution in [0.15, 0.2) is 78.9 Å². The van der Waals surface area contributed by atoms with E-state index in [2.05, 4.69) is 57.2 Å². The normalized spacial score (nSPS) is 15.8. The summed E-state index contributed by atoms with van der Waals surface area (Å²) in [7, 11) is 0. The first-order chi connectivity index (χ1) is 17.1. The Morgan fingerprint density at radius 3 is 2.40 bits per heavy atom. The number of carbonyl (C=O) groups excluding carboxylic acids is 1. The summed E-state index contributed by atoms with van der Waals surface area (Å²) in [5, 5.41) is 3.95. The number of rotatable bonds is 7. The predicted molar refractivity (Wildman–Crippen MR) is 141 cm³/mol. The third-order valence-electron chi connectivity index (χ3n) is 6.97. The zero-order chi connectivity index (χ0) is 24.2. The zero-order valence-corrected chi connectivity index (χ0v) is 20.8. The third kappa shape index (κ3) is 5.58. The van der Waals surface area contributed by atoms with Crippen LogP contribution in [-0.4, -0.2) is 33.4 Å². The molecule has 35 heavy (non-hydrogen) atoms. The van der Waals surface area contributed by atoms with Crippen LogP contribution in [0.4, 0.5) is 0 Å². The first-order valence-corrected chi connectivity index (χ1v) is 12.7. The van der Waals surface area contributed by atoms with Crippen LogP contribution < -0.4 is 5.32 Å². The molecular formula is C29H31ClN4O. The number of amides is 1. The number of benzene rings is 3. The Kier molecular flexibility index (Phi) is 7.16. The summed E-state index contributed by atoms with van der Waals surface area (Å²) in [5.74, 6) is 1.28. The summed E-state index contributed by atoms with van der Waals surface area (Å²) in [6.07, 6.45) is 1.73. The number of piperidine rings is 1. The van der Waals surface area contributed by atoms with Crippen molar-refractivity contribution in [3.63, 3.8) is 0 Å². The minimum atomic E-state index is 0.0227. The van der Waals surface area contributed by atoms with Crippen molar-refractivity contribution in [1.29, 1.82) is 0 Å². The minimum Gasteiger partial charge on any atom is -0.349 e. The van der Waals surface area contributed by atoms with E-state index < -0.39 is 0 Å². The van der Waals surface area contributed by atoms with Crippen molar-refractivity contribution < 1.29 is 4.79 Å². The third-order valence-corrected chi connectivity index (χ3v) is 7.22. The maximum Gasteiger partial charge on any atom is 0.223 e. The summed E-state index contributed by atoms with van der Waals surface area (Å²) in [4.78, 5) is 20.3. The number of likely N-dealkylation sites (tertiary alicyclic amines) is 1. The molecule has 0 saturated carbocycles. The first-order valence-electron chi connectivity index (χ1n) is 12.3. The highest BCUT2D eigenvalue weighted by atomic mass is 35.5. The van der Waals surface area contributed by atoms with Crippen molar-refractivity contribution >= 4 is 28.5 Å². The molecule has 1 fully saturated rings. The molecule has 4 aromatic rings. The molecule has 1 atom stereocenters. The number of fused-ring (bicyclic) bond motifs is 1. The van der Waals surface area contributed by atoms with Gasteiger partial charge in [-0.1, -0.05) is 66.2 Å². The van der Waals surface area contributed by atoms with Gasteiger partial charge in [-0.05, 0) is 68.2 Å². The highest BCUT2D eigenvalue weighted by Gasteiger charge is 2.27. The molecule has 1 aromatic heterocycles. The first kappa shape index (κ1) is 23.6. The number of nitrogens with zero attached hydrogens (tertiary/aromatic N) is 3. The Labute approximate surface area is 211 Å². The fourth-order valence-corrected chi connectivity index (χ4v) is 5.03. The SMILES string of the molecule is C[C@H](NC(=O)C1CCN(Cc2nc3ccccc3n2Cc2ccc(Cl)cc2)CC1)c1ccccc1. The van der Waals surface area contributed by atoms with Gasteiger partial charge in [0.05, 0.1) is 23.6 Å². The molecule has 1 aliphatic heterocycles. The standard InChI is InChI=1S/C29H31ClN4O/c1-21(23-7-3-2-4-8-23)31-29(35)24-15-17-33(18-16-24)20-28-32-26-9-5-6-10-27(26)34(28)19-22-11-13-25(30)14-12-22/h2-14,21,24H,15-20H2,1H3,(H,31,35)/t21-/m0/s1. The van der Waals surface area contributed by atoms with Gasteiger partial charge in [0.15, 0.2) is 0 Å². The lowest BCUT2D eigenvalue weighted by atomic mass is 9.95. The number of hydrogen-bond acceptors (Lipinski definition) is 3. The lowest BCUT2D eigenvalue weighted by Crippen LogP contribution is -2.41. The summed E-state index contributed by atoms with van der Waals surface area (Å²) in [6.45, 7) is 5.36. The van der Waals surface area contributed by atoms with E-state index in [0.717, 1.165) is 66.5 Å².